The van der Waals surface area contributed by atoms with Crippen molar-refractivity contribution in [1.82, 2.24) is 4.98 Å². The van der Waals surface area contributed by atoms with Gasteiger partial charge in [0, 0.05) is 19.2 Å². The summed E-state index contributed by atoms with van der Waals surface area (Å²) in [7, 11) is 1.80. The van der Waals surface area contributed by atoms with Crippen molar-refractivity contribution in [2.75, 3.05) is 17.7 Å². The van der Waals surface area contributed by atoms with Crippen LogP contribution in [0.3, 0.4) is 0 Å². The van der Waals surface area contributed by atoms with Crippen LogP contribution in [0.15, 0.2) is 29.0 Å². The summed E-state index contributed by atoms with van der Waals surface area (Å²) in [6.45, 7) is 2.40. The minimum Gasteiger partial charge on any atom is -0.478 e. The number of aromatic nitrogens is 1. The smallest absolute Gasteiger partial charge is 0.338 e. The SMILES string of the molecule is Cc1occc1CN(C)c1cnc(N)cc1C(=O)O. The van der Waals surface area contributed by atoms with Gasteiger partial charge in [-0.3, -0.25) is 0 Å². The number of carboxylic acid groups (broad SMARTS) is 1. The molecule has 2 rings (SSSR count). The predicted molar refractivity (Wildman–Crippen MR) is 71.2 cm³/mol. The molecule has 3 N–H and O–H groups in total. The Morgan fingerprint density at radius 3 is 2.89 bits per heavy atom. The summed E-state index contributed by atoms with van der Waals surface area (Å²) in [5, 5.41) is 9.19. The molecule has 0 aliphatic carbocycles. The summed E-state index contributed by atoms with van der Waals surface area (Å²) in [4.78, 5) is 17.0. The van der Waals surface area contributed by atoms with Crippen LogP contribution >= 0.6 is 0 Å². The number of anilines is 2. The third kappa shape index (κ3) is 2.67. The van der Waals surface area contributed by atoms with Crippen molar-refractivity contribution < 1.29 is 14.3 Å². The highest BCUT2D eigenvalue weighted by molar-refractivity contribution is 5.95. The molecule has 0 spiro atoms. The molecule has 6 heteroatoms. The van der Waals surface area contributed by atoms with Crippen LogP contribution in [-0.4, -0.2) is 23.1 Å². The molecule has 0 atom stereocenters. The fraction of sp³-hybridized carbons (Fsp3) is 0.231. The lowest BCUT2D eigenvalue weighted by Gasteiger charge is -2.20. The van der Waals surface area contributed by atoms with E-state index in [1.165, 1.54) is 12.3 Å². The van der Waals surface area contributed by atoms with E-state index in [2.05, 4.69) is 4.98 Å². The third-order valence-corrected chi connectivity index (χ3v) is 2.92. The van der Waals surface area contributed by atoms with Crippen molar-refractivity contribution >= 4 is 17.5 Å². The van der Waals surface area contributed by atoms with E-state index in [1.54, 1.807) is 18.2 Å². The lowest BCUT2D eigenvalue weighted by atomic mass is 10.2. The van der Waals surface area contributed by atoms with Gasteiger partial charge in [0.15, 0.2) is 0 Å². The van der Waals surface area contributed by atoms with Crippen molar-refractivity contribution in [3.05, 3.63) is 41.5 Å². The molecule has 0 saturated heterocycles. The molecule has 0 amide bonds. The number of nitrogen functional groups attached to an aromatic ring is 1. The topological polar surface area (TPSA) is 92.6 Å². The van der Waals surface area contributed by atoms with Crippen molar-refractivity contribution in [3.8, 4) is 0 Å². The maximum Gasteiger partial charge on any atom is 0.338 e. The highest BCUT2D eigenvalue weighted by atomic mass is 16.4. The van der Waals surface area contributed by atoms with E-state index in [0.717, 1.165) is 11.3 Å². The normalized spacial score (nSPS) is 10.4. The Hall–Kier alpha value is -2.50. The van der Waals surface area contributed by atoms with Gasteiger partial charge in [-0.15, -0.1) is 0 Å². The summed E-state index contributed by atoms with van der Waals surface area (Å²) >= 11 is 0. The molecule has 0 radical (unpaired) electrons. The number of carboxylic acids is 1. The molecule has 0 aliphatic heterocycles. The Morgan fingerprint density at radius 2 is 2.32 bits per heavy atom. The van der Waals surface area contributed by atoms with E-state index in [4.69, 9.17) is 10.2 Å². The van der Waals surface area contributed by atoms with Gasteiger partial charge in [-0.25, -0.2) is 9.78 Å². The molecule has 0 bridgehead atoms. The predicted octanol–water partition coefficient (Wildman–Crippen LogP) is 1.90. The van der Waals surface area contributed by atoms with E-state index >= 15 is 0 Å². The molecule has 0 saturated carbocycles. The van der Waals surface area contributed by atoms with Gasteiger partial charge in [0.25, 0.3) is 0 Å². The first-order valence-corrected chi connectivity index (χ1v) is 5.72. The number of furan rings is 1. The Morgan fingerprint density at radius 1 is 1.58 bits per heavy atom. The van der Waals surface area contributed by atoms with Crippen LogP contribution in [0.25, 0.3) is 0 Å². The number of hydrogen-bond donors (Lipinski definition) is 2. The van der Waals surface area contributed by atoms with Crippen molar-refractivity contribution in [2.45, 2.75) is 13.5 Å². The van der Waals surface area contributed by atoms with Gasteiger partial charge >= 0.3 is 5.97 Å². The van der Waals surface area contributed by atoms with Crippen LogP contribution < -0.4 is 10.6 Å². The third-order valence-electron chi connectivity index (χ3n) is 2.92. The van der Waals surface area contributed by atoms with Gasteiger partial charge in [-0.05, 0) is 19.1 Å². The maximum absolute atomic E-state index is 11.2. The summed E-state index contributed by atoms with van der Waals surface area (Å²) in [6, 6.07) is 3.22. The van der Waals surface area contributed by atoms with E-state index < -0.39 is 5.97 Å². The quantitative estimate of drug-likeness (QED) is 0.873. The second-order valence-corrected chi connectivity index (χ2v) is 4.29. The molecule has 100 valence electrons. The molecule has 6 nitrogen and oxygen atoms in total. The number of rotatable bonds is 4. The minimum atomic E-state index is -1.03. The molecule has 0 fully saturated rings. The molecule has 0 aliphatic rings. The summed E-state index contributed by atoms with van der Waals surface area (Å²) in [5.74, 6) is -0.0268. The molecule has 2 heterocycles. The fourth-order valence-corrected chi connectivity index (χ4v) is 1.86. The molecule has 0 aromatic carbocycles. The number of aromatic carboxylic acids is 1. The number of carbonyl (C=O) groups is 1. The van der Waals surface area contributed by atoms with Crippen molar-refractivity contribution in [2.24, 2.45) is 0 Å². The van der Waals surface area contributed by atoms with Gasteiger partial charge in [-0.2, -0.15) is 0 Å². The van der Waals surface area contributed by atoms with Gasteiger partial charge in [0.05, 0.1) is 23.7 Å². The van der Waals surface area contributed by atoms with E-state index in [9.17, 15) is 9.90 Å². The molecular formula is C13H15N3O3. The van der Waals surface area contributed by atoms with Crippen molar-refractivity contribution in [3.63, 3.8) is 0 Å². The van der Waals surface area contributed by atoms with E-state index in [1.807, 2.05) is 13.0 Å². The van der Waals surface area contributed by atoms with Gasteiger partial charge < -0.3 is 20.2 Å². The Balaban J connectivity index is 2.31. The number of pyridine rings is 1. The van der Waals surface area contributed by atoms with Gasteiger partial charge in [-0.1, -0.05) is 0 Å². The zero-order valence-electron chi connectivity index (χ0n) is 10.8. The largest absolute Gasteiger partial charge is 0.478 e. The second-order valence-electron chi connectivity index (χ2n) is 4.29. The van der Waals surface area contributed by atoms with Gasteiger partial charge in [0.2, 0.25) is 0 Å². The first kappa shape index (κ1) is 12.9. The lowest BCUT2D eigenvalue weighted by Crippen LogP contribution is -2.20. The van der Waals surface area contributed by atoms with Crippen LogP contribution in [0, 0.1) is 6.92 Å². The van der Waals surface area contributed by atoms with Crippen LogP contribution in [0.2, 0.25) is 0 Å². The highest BCUT2D eigenvalue weighted by Gasteiger charge is 2.16. The fourth-order valence-electron chi connectivity index (χ4n) is 1.86. The van der Waals surface area contributed by atoms with Crippen LogP contribution in [0.4, 0.5) is 11.5 Å². The summed E-state index contributed by atoms with van der Waals surface area (Å²) in [5.41, 5.74) is 7.16. The van der Waals surface area contributed by atoms with Crippen LogP contribution in [0.1, 0.15) is 21.7 Å². The Kier molecular flexibility index (Phi) is 3.41. The van der Waals surface area contributed by atoms with Crippen LogP contribution in [-0.2, 0) is 6.54 Å². The number of nitrogens with two attached hydrogens (primary N) is 1. The zero-order valence-corrected chi connectivity index (χ0v) is 10.8. The summed E-state index contributed by atoms with van der Waals surface area (Å²) < 4.78 is 5.22. The number of nitrogens with zero attached hydrogens (tertiary/aromatic N) is 2. The van der Waals surface area contributed by atoms with Crippen LogP contribution in [0.5, 0.6) is 0 Å². The standard InChI is InChI=1S/C13H15N3O3/c1-8-9(3-4-19-8)7-16(2)11-6-15-12(14)5-10(11)13(17)18/h3-6H,7H2,1-2H3,(H2,14,15)(H,17,18). The van der Waals surface area contributed by atoms with Crippen molar-refractivity contribution in [1.29, 1.82) is 0 Å². The minimum absolute atomic E-state index is 0.135. The van der Waals surface area contributed by atoms with Gasteiger partial charge in [0.1, 0.15) is 11.6 Å². The Labute approximate surface area is 110 Å². The van der Waals surface area contributed by atoms with E-state index in [0.29, 0.717) is 12.2 Å². The molecule has 2 aromatic heterocycles. The maximum atomic E-state index is 11.2. The number of aryl methyl sites for hydroxylation is 1. The monoisotopic (exact) mass is 261 g/mol. The molecule has 19 heavy (non-hydrogen) atoms. The zero-order chi connectivity index (χ0) is 14.0. The highest BCUT2D eigenvalue weighted by Crippen LogP contribution is 2.23. The first-order valence-electron chi connectivity index (χ1n) is 5.72. The average molecular weight is 261 g/mol. The first-order chi connectivity index (χ1) is 8.99. The lowest BCUT2D eigenvalue weighted by molar-refractivity contribution is 0.0697. The number of hydrogen-bond acceptors (Lipinski definition) is 5. The summed E-state index contributed by atoms with van der Waals surface area (Å²) in [6.07, 6.45) is 3.08. The molecule has 0 unspecified atom stereocenters. The van der Waals surface area contributed by atoms with E-state index in [-0.39, 0.29) is 11.4 Å². The molecule has 2 aromatic rings. The molecular weight excluding hydrogens is 246 g/mol. The second kappa shape index (κ2) is 5.01. The Bertz CT molecular complexity index is 607. The average Bonchev–Trinajstić information content (AvgIpc) is 2.74.